The fourth-order valence-corrected chi connectivity index (χ4v) is 4.11. The molecule has 0 saturated carbocycles. The van der Waals surface area contributed by atoms with Gasteiger partial charge in [0.25, 0.3) is 0 Å². The van der Waals surface area contributed by atoms with Crippen LogP contribution >= 0.6 is 0 Å². The molecule has 0 amide bonds. The highest BCUT2D eigenvalue weighted by atomic mass is 16.6. The van der Waals surface area contributed by atoms with Crippen LogP contribution in [-0.2, 0) is 9.53 Å². The van der Waals surface area contributed by atoms with Crippen molar-refractivity contribution >= 4 is 11.5 Å². The SMILES string of the molecule is CCCCCCCCCC(Oc1ccc(/C2=C/CCCCCC2)cc1)C(=O)OCC. The van der Waals surface area contributed by atoms with E-state index in [1.807, 2.05) is 19.1 Å². The number of carbonyl (C=O) groups is 1. The molecule has 1 aromatic rings. The van der Waals surface area contributed by atoms with Crippen molar-refractivity contribution < 1.29 is 14.3 Å². The summed E-state index contributed by atoms with van der Waals surface area (Å²) in [5, 5.41) is 0. The van der Waals surface area contributed by atoms with E-state index in [1.165, 1.54) is 75.3 Å². The van der Waals surface area contributed by atoms with Crippen LogP contribution < -0.4 is 4.74 Å². The molecule has 1 aliphatic rings. The molecule has 3 nitrogen and oxygen atoms in total. The zero-order valence-electron chi connectivity index (χ0n) is 19.3. The third-order valence-corrected chi connectivity index (χ3v) is 5.91. The number of unbranched alkanes of at least 4 members (excludes halogenated alkanes) is 6. The van der Waals surface area contributed by atoms with Gasteiger partial charge in [0, 0.05) is 0 Å². The molecule has 0 bridgehead atoms. The Morgan fingerprint density at radius 3 is 2.33 bits per heavy atom. The number of ether oxygens (including phenoxy) is 2. The molecule has 0 fully saturated rings. The monoisotopic (exact) mass is 414 g/mol. The van der Waals surface area contributed by atoms with Gasteiger partial charge in [-0.25, -0.2) is 4.79 Å². The van der Waals surface area contributed by atoms with E-state index < -0.39 is 6.10 Å². The van der Waals surface area contributed by atoms with Crippen molar-refractivity contribution in [3.8, 4) is 5.75 Å². The first kappa shape index (κ1) is 24.5. The van der Waals surface area contributed by atoms with Gasteiger partial charge >= 0.3 is 5.97 Å². The van der Waals surface area contributed by atoms with Crippen LogP contribution in [0.3, 0.4) is 0 Å². The van der Waals surface area contributed by atoms with Crippen molar-refractivity contribution in [1.82, 2.24) is 0 Å². The minimum absolute atomic E-state index is 0.240. The second kappa shape index (κ2) is 15.1. The average molecular weight is 415 g/mol. The van der Waals surface area contributed by atoms with Crippen LogP contribution in [0.1, 0.15) is 109 Å². The Bertz CT molecular complexity index is 618. The molecule has 3 heteroatoms. The van der Waals surface area contributed by atoms with Crippen LogP contribution in [0, 0.1) is 0 Å². The summed E-state index contributed by atoms with van der Waals surface area (Å²) in [5.74, 6) is 0.515. The van der Waals surface area contributed by atoms with Crippen LogP contribution in [0.15, 0.2) is 30.3 Å². The Balaban J connectivity index is 1.88. The van der Waals surface area contributed by atoms with E-state index in [9.17, 15) is 4.79 Å². The van der Waals surface area contributed by atoms with E-state index >= 15 is 0 Å². The second-order valence-corrected chi connectivity index (χ2v) is 8.48. The van der Waals surface area contributed by atoms with Gasteiger partial charge < -0.3 is 9.47 Å². The molecule has 1 unspecified atom stereocenters. The van der Waals surface area contributed by atoms with Gasteiger partial charge in [0.2, 0.25) is 0 Å². The number of hydrogen-bond donors (Lipinski definition) is 0. The van der Waals surface area contributed by atoms with Gasteiger partial charge in [-0.2, -0.15) is 0 Å². The molecule has 1 aromatic carbocycles. The lowest BCUT2D eigenvalue weighted by atomic mass is 9.95. The second-order valence-electron chi connectivity index (χ2n) is 8.48. The summed E-state index contributed by atoms with van der Waals surface area (Å²) in [6.07, 6.45) is 18.8. The molecule has 0 aliphatic heterocycles. The maximum Gasteiger partial charge on any atom is 0.347 e. The highest BCUT2D eigenvalue weighted by Gasteiger charge is 2.21. The smallest absolute Gasteiger partial charge is 0.347 e. The van der Waals surface area contributed by atoms with Gasteiger partial charge in [-0.1, -0.05) is 76.5 Å². The first-order valence-electron chi connectivity index (χ1n) is 12.4. The van der Waals surface area contributed by atoms with Crippen molar-refractivity contribution in [2.75, 3.05) is 6.61 Å². The van der Waals surface area contributed by atoms with E-state index in [1.54, 1.807) is 0 Å². The minimum atomic E-state index is -0.507. The maximum atomic E-state index is 12.4. The molecular formula is C27H42O3. The Hall–Kier alpha value is -1.77. The molecule has 0 N–H and O–H groups in total. The molecule has 1 aliphatic carbocycles. The number of rotatable bonds is 13. The predicted molar refractivity (Wildman–Crippen MR) is 126 cm³/mol. The van der Waals surface area contributed by atoms with Crippen molar-refractivity contribution in [3.63, 3.8) is 0 Å². The molecule has 1 atom stereocenters. The molecular weight excluding hydrogens is 372 g/mol. The highest BCUT2D eigenvalue weighted by Crippen LogP contribution is 2.27. The number of hydrogen-bond acceptors (Lipinski definition) is 3. The summed E-state index contributed by atoms with van der Waals surface area (Å²) in [5.41, 5.74) is 2.73. The summed E-state index contributed by atoms with van der Waals surface area (Å²) < 4.78 is 11.3. The van der Waals surface area contributed by atoms with Crippen LogP contribution in [0.5, 0.6) is 5.75 Å². The molecule has 0 radical (unpaired) electrons. The number of carbonyl (C=O) groups excluding carboxylic acids is 1. The summed E-state index contributed by atoms with van der Waals surface area (Å²) in [4.78, 5) is 12.4. The summed E-state index contributed by atoms with van der Waals surface area (Å²) in [7, 11) is 0. The van der Waals surface area contributed by atoms with Gasteiger partial charge in [-0.3, -0.25) is 0 Å². The molecule has 2 rings (SSSR count). The lowest BCUT2D eigenvalue weighted by Crippen LogP contribution is -2.29. The predicted octanol–water partition coefficient (Wildman–Crippen LogP) is 7.88. The molecule has 168 valence electrons. The molecule has 0 saturated heterocycles. The Kier molecular flexibility index (Phi) is 12.3. The standard InChI is InChI=1S/C27H42O3/c1-3-5-6-7-8-12-15-18-26(27(28)29-4-2)30-25-21-19-24(20-22-25)23-16-13-10-9-11-14-17-23/h16,19-22,26H,3-15,17-18H2,1-2H3/b23-16+. The van der Waals surface area contributed by atoms with E-state index in [2.05, 4.69) is 25.1 Å². The van der Waals surface area contributed by atoms with Crippen molar-refractivity contribution in [1.29, 1.82) is 0 Å². The van der Waals surface area contributed by atoms with Crippen LogP contribution in [0.4, 0.5) is 0 Å². The van der Waals surface area contributed by atoms with Gasteiger partial charge in [0.05, 0.1) is 6.61 Å². The lowest BCUT2D eigenvalue weighted by Gasteiger charge is -2.18. The molecule has 0 heterocycles. The summed E-state index contributed by atoms with van der Waals surface area (Å²) in [6, 6.07) is 8.29. The zero-order valence-corrected chi connectivity index (χ0v) is 19.3. The fourth-order valence-electron chi connectivity index (χ4n) is 4.11. The Morgan fingerprint density at radius 2 is 1.60 bits per heavy atom. The molecule has 0 spiro atoms. The fraction of sp³-hybridized carbons (Fsp3) is 0.667. The quantitative estimate of drug-likeness (QED) is 0.243. The van der Waals surface area contributed by atoms with Crippen molar-refractivity contribution in [2.45, 2.75) is 110 Å². The average Bonchev–Trinajstić information content (AvgIpc) is 2.73. The van der Waals surface area contributed by atoms with Gasteiger partial charge in [-0.15, -0.1) is 0 Å². The zero-order chi connectivity index (χ0) is 21.4. The van der Waals surface area contributed by atoms with Crippen molar-refractivity contribution in [2.24, 2.45) is 0 Å². The summed E-state index contributed by atoms with van der Waals surface area (Å²) in [6.45, 7) is 4.48. The minimum Gasteiger partial charge on any atom is -0.479 e. The van der Waals surface area contributed by atoms with Crippen molar-refractivity contribution in [3.05, 3.63) is 35.9 Å². The number of allylic oxidation sites excluding steroid dienone is 2. The lowest BCUT2D eigenvalue weighted by molar-refractivity contribution is -0.151. The largest absolute Gasteiger partial charge is 0.479 e. The third kappa shape index (κ3) is 9.36. The van der Waals surface area contributed by atoms with Crippen LogP contribution in [-0.4, -0.2) is 18.7 Å². The molecule has 30 heavy (non-hydrogen) atoms. The van der Waals surface area contributed by atoms with E-state index in [4.69, 9.17) is 9.47 Å². The van der Waals surface area contributed by atoms with Gasteiger partial charge in [-0.05, 0) is 68.7 Å². The van der Waals surface area contributed by atoms with Crippen LogP contribution in [0.2, 0.25) is 0 Å². The topological polar surface area (TPSA) is 35.5 Å². The maximum absolute atomic E-state index is 12.4. The van der Waals surface area contributed by atoms with Crippen LogP contribution in [0.25, 0.3) is 5.57 Å². The molecule has 0 aromatic heterocycles. The normalized spacial score (nSPS) is 17.3. The first-order valence-corrected chi connectivity index (χ1v) is 12.4. The number of esters is 1. The van der Waals surface area contributed by atoms with Gasteiger partial charge in [0.1, 0.15) is 5.75 Å². The van der Waals surface area contributed by atoms with E-state index in [0.29, 0.717) is 6.61 Å². The first-order chi connectivity index (χ1) is 14.7. The Labute approximate surface area is 184 Å². The Morgan fingerprint density at radius 1 is 0.900 bits per heavy atom. The van der Waals surface area contributed by atoms with E-state index in [-0.39, 0.29) is 5.97 Å². The summed E-state index contributed by atoms with van der Waals surface area (Å²) >= 11 is 0. The number of benzene rings is 1. The highest BCUT2D eigenvalue weighted by molar-refractivity contribution is 5.75. The third-order valence-electron chi connectivity index (χ3n) is 5.91. The van der Waals surface area contributed by atoms with E-state index in [0.717, 1.165) is 31.4 Å². The van der Waals surface area contributed by atoms with Gasteiger partial charge in [0.15, 0.2) is 6.10 Å².